The zero-order chi connectivity index (χ0) is 13.9. The molecule has 1 aliphatic rings. The number of hydrogen-bond acceptors (Lipinski definition) is 3. The van der Waals surface area contributed by atoms with E-state index >= 15 is 0 Å². The Morgan fingerprint density at radius 2 is 2.00 bits per heavy atom. The maximum Gasteiger partial charge on any atom is 0.255 e. The number of amides is 1. The topological polar surface area (TPSA) is 57.0 Å². The third-order valence-corrected chi connectivity index (χ3v) is 3.54. The normalized spacial score (nSPS) is 13.4. The molecule has 0 fully saturated rings. The molecule has 4 nitrogen and oxygen atoms in total. The molecule has 1 aliphatic heterocycles. The van der Waals surface area contributed by atoms with Crippen molar-refractivity contribution in [2.75, 3.05) is 6.54 Å². The summed E-state index contributed by atoms with van der Waals surface area (Å²) in [5, 5.41) is 8.72. The highest BCUT2D eigenvalue weighted by molar-refractivity contribution is 5.94. The van der Waals surface area contributed by atoms with Gasteiger partial charge in [0.15, 0.2) is 0 Å². The van der Waals surface area contributed by atoms with Gasteiger partial charge in [-0.3, -0.25) is 4.79 Å². The minimum absolute atomic E-state index is 0.0310. The van der Waals surface area contributed by atoms with E-state index in [4.69, 9.17) is 5.26 Å². The van der Waals surface area contributed by atoms with Gasteiger partial charge in [0.25, 0.3) is 5.91 Å². The van der Waals surface area contributed by atoms with Gasteiger partial charge in [0, 0.05) is 19.3 Å². The van der Waals surface area contributed by atoms with E-state index in [1.165, 1.54) is 17.3 Å². The molecule has 4 heteroatoms. The average molecular weight is 263 g/mol. The maximum atomic E-state index is 12.4. The molecule has 0 saturated carbocycles. The van der Waals surface area contributed by atoms with Crippen LogP contribution in [0.5, 0.6) is 0 Å². The Labute approximate surface area is 117 Å². The summed E-state index contributed by atoms with van der Waals surface area (Å²) in [4.78, 5) is 18.2. The van der Waals surface area contributed by atoms with Crippen LogP contribution in [0.4, 0.5) is 0 Å². The fourth-order valence-electron chi connectivity index (χ4n) is 2.44. The summed E-state index contributed by atoms with van der Waals surface area (Å²) in [5.41, 5.74) is 3.37. The number of pyridine rings is 1. The van der Waals surface area contributed by atoms with E-state index in [0.717, 1.165) is 13.0 Å². The molecule has 0 spiro atoms. The van der Waals surface area contributed by atoms with Crippen molar-refractivity contribution in [2.45, 2.75) is 13.0 Å². The van der Waals surface area contributed by atoms with Crippen LogP contribution >= 0.6 is 0 Å². The Kier molecular flexibility index (Phi) is 3.18. The standard InChI is InChI=1S/C16H13N3O/c17-9-15-6-5-13(10-18-15)16(20)19-8-7-12-3-1-2-4-14(12)11-19/h1-6,10H,7-8,11H2. The van der Waals surface area contributed by atoms with E-state index in [9.17, 15) is 4.79 Å². The average Bonchev–Trinajstić information content (AvgIpc) is 2.54. The maximum absolute atomic E-state index is 12.4. The second kappa shape index (κ2) is 5.14. The molecule has 0 unspecified atom stereocenters. The van der Waals surface area contributed by atoms with E-state index in [0.29, 0.717) is 17.8 Å². The van der Waals surface area contributed by atoms with Crippen LogP contribution in [-0.4, -0.2) is 22.3 Å². The molecule has 98 valence electrons. The van der Waals surface area contributed by atoms with Crippen molar-refractivity contribution >= 4 is 5.91 Å². The van der Waals surface area contributed by atoms with Gasteiger partial charge in [-0.25, -0.2) is 4.98 Å². The zero-order valence-electron chi connectivity index (χ0n) is 10.9. The molecule has 2 heterocycles. The molecule has 0 atom stereocenters. The molecule has 0 N–H and O–H groups in total. The number of benzene rings is 1. The molecule has 1 aromatic heterocycles. The quantitative estimate of drug-likeness (QED) is 0.792. The molecule has 2 aromatic rings. The fourth-order valence-corrected chi connectivity index (χ4v) is 2.44. The Morgan fingerprint density at radius 3 is 2.70 bits per heavy atom. The zero-order valence-corrected chi connectivity index (χ0v) is 10.9. The monoisotopic (exact) mass is 263 g/mol. The van der Waals surface area contributed by atoms with Crippen molar-refractivity contribution in [1.29, 1.82) is 5.26 Å². The largest absolute Gasteiger partial charge is 0.334 e. The van der Waals surface area contributed by atoms with Crippen LogP contribution in [-0.2, 0) is 13.0 Å². The highest BCUT2D eigenvalue weighted by Gasteiger charge is 2.21. The highest BCUT2D eigenvalue weighted by Crippen LogP contribution is 2.20. The predicted octanol–water partition coefficient (Wildman–Crippen LogP) is 2.15. The van der Waals surface area contributed by atoms with E-state index in [2.05, 4.69) is 17.1 Å². The van der Waals surface area contributed by atoms with Crippen molar-refractivity contribution in [1.82, 2.24) is 9.88 Å². The van der Waals surface area contributed by atoms with Crippen LogP contribution in [0.25, 0.3) is 0 Å². The van der Waals surface area contributed by atoms with Gasteiger partial charge in [0.2, 0.25) is 0 Å². The molecule has 0 aliphatic carbocycles. The first kappa shape index (κ1) is 12.4. The summed E-state index contributed by atoms with van der Waals surface area (Å²) in [6.45, 7) is 1.35. The number of nitrogens with zero attached hydrogens (tertiary/aromatic N) is 3. The van der Waals surface area contributed by atoms with Crippen molar-refractivity contribution in [3.8, 4) is 6.07 Å². The summed E-state index contributed by atoms with van der Waals surface area (Å²) < 4.78 is 0. The van der Waals surface area contributed by atoms with Crippen molar-refractivity contribution in [2.24, 2.45) is 0 Å². The number of carbonyl (C=O) groups excluding carboxylic acids is 1. The predicted molar refractivity (Wildman–Crippen MR) is 73.8 cm³/mol. The lowest BCUT2D eigenvalue weighted by Gasteiger charge is -2.28. The van der Waals surface area contributed by atoms with Crippen LogP contribution in [0, 0.1) is 11.3 Å². The van der Waals surface area contributed by atoms with Crippen molar-refractivity contribution in [3.63, 3.8) is 0 Å². The molecular weight excluding hydrogens is 250 g/mol. The number of carbonyl (C=O) groups is 1. The lowest BCUT2D eigenvalue weighted by molar-refractivity contribution is 0.0734. The van der Waals surface area contributed by atoms with Crippen molar-refractivity contribution in [3.05, 3.63) is 65.0 Å². The Morgan fingerprint density at radius 1 is 1.20 bits per heavy atom. The minimum Gasteiger partial charge on any atom is -0.334 e. The first-order valence-electron chi connectivity index (χ1n) is 6.50. The number of nitriles is 1. The Hall–Kier alpha value is -2.67. The van der Waals surface area contributed by atoms with Crippen molar-refractivity contribution < 1.29 is 4.79 Å². The van der Waals surface area contributed by atoms with Gasteiger partial charge >= 0.3 is 0 Å². The number of hydrogen-bond donors (Lipinski definition) is 0. The highest BCUT2D eigenvalue weighted by atomic mass is 16.2. The molecule has 3 rings (SSSR count). The summed E-state index contributed by atoms with van der Waals surface area (Å²) in [6, 6.07) is 13.4. The van der Waals surface area contributed by atoms with Gasteiger partial charge in [-0.05, 0) is 29.7 Å². The lowest BCUT2D eigenvalue weighted by Crippen LogP contribution is -2.35. The van der Waals surface area contributed by atoms with Gasteiger partial charge < -0.3 is 4.90 Å². The minimum atomic E-state index is -0.0310. The van der Waals surface area contributed by atoms with E-state index < -0.39 is 0 Å². The fraction of sp³-hybridized carbons (Fsp3) is 0.188. The first-order chi connectivity index (χ1) is 9.78. The Balaban J connectivity index is 1.80. The second-order valence-corrected chi connectivity index (χ2v) is 4.79. The molecule has 0 bridgehead atoms. The van der Waals surface area contributed by atoms with Gasteiger partial charge in [0.05, 0.1) is 5.56 Å². The molecule has 0 saturated heterocycles. The Bertz CT molecular complexity index is 686. The van der Waals surface area contributed by atoms with E-state index in [-0.39, 0.29) is 5.91 Å². The number of fused-ring (bicyclic) bond motifs is 1. The number of aromatic nitrogens is 1. The third-order valence-electron chi connectivity index (χ3n) is 3.54. The molecule has 20 heavy (non-hydrogen) atoms. The smallest absolute Gasteiger partial charge is 0.255 e. The van der Waals surface area contributed by atoms with Gasteiger partial charge in [-0.1, -0.05) is 24.3 Å². The van der Waals surface area contributed by atoms with E-state index in [1.807, 2.05) is 23.1 Å². The molecule has 0 radical (unpaired) electrons. The summed E-state index contributed by atoms with van der Waals surface area (Å²) in [6.07, 6.45) is 2.35. The van der Waals surface area contributed by atoms with Crippen LogP contribution in [0.3, 0.4) is 0 Å². The third kappa shape index (κ3) is 2.26. The van der Waals surface area contributed by atoms with Crippen LogP contribution in [0.2, 0.25) is 0 Å². The van der Waals surface area contributed by atoms with Gasteiger partial charge in [0.1, 0.15) is 11.8 Å². The van der Waals surface area contributed by atoms with Gasteiger partial charge in [-0.15, -0.1) is 0 Å². The number of rotatable bonds is 1. The van der Waals surface area contributed by atoms with Gasteiger partial charge in [-0.2, -0.15) is 5.26 Å². The second-order valence-electron chi connectivity index (χ2n) is 4.79. The molecule has 1 aromatic carbocycles. The van der Waals surface area contributed by atoms with Crippen LogP contribution < -0.4 is 0 Å². The van der Waals surface area contributed by atoms with Crippen LogP contribution in [0.1, 0.15) is 27.2 Å². The molecular formula is C16H13N3O. The summed E-state index contributed by atoms with van der Waals surface area (Å²) in [7, 11) is 0. The summed E-state index contributed by atoms with van der Waals surface area (Å²) >= 11 is 0. The lowest BCUT2D eigenvalue weighted by atomic mass is 9.99. The SMILES string of the molecule is N#Cc1ccc(C(=O)N2CCc3ccccc3C2)cn1. The molecule has 1 amide bonds. The first-order valence-corrected chi connectivity index (χ1v) is 6.50. The van der Waals surface area contributed by atoms with E-state index in [1.54, 1.807) is 12.1 Å². The van der Waals surface area contributed by atoms with Crippen LogP contribution in [0.15, 0.2) is 42.6 Å². The summed E-state index contributed by atoms with van der Waals surface area (Å²) in [5.74, 6) is -0.0310.